The van der Waals surface area contributed by atoms with Crippen LogP contribution in [0.1, 0.15) is 63.5 Å². The van der Waals surface area contributed by atoms with Gasteiger partial charge in [-0.15, -0.1) is 0 Å². The second-order valence-electron chi connectivity index (χ2n) is 4.84. The summed E-state index contributed by atoms with van der Waals surface area (Å²) in [4.78, 5) is 0. The van der Waals surface area contributed by atoms with Crippen LogP contribution in [0.5, 0.6) is 0 Å². The molecule has 0 aliphatic carbocycles. The third-order valence-electron chi connectivity index (χ3n) is 3.26. The molecule has 19 heavy (non-hydrogen) atoms. The van der Waals surface area contributed by atoms with Gasteiger partial charge in [-0.25, -0.2) is 4.39 Å². The van der Waals surface area contributed by atoms with Crippen molar-refractivity contribution in [1.29, 1.82) is 0 Å². The summed E-state index contributed by atoms with van der Waals surface area (Å²) >= 11 is 8.98. The van der Waals surface area contributed by atoms with Gasteiger partial charge in [-0.1, -0.05) is 63.1 Å². The molecule has 4 heteroatoms. The van der Waals surface area contributed by atoms with E-state index in [1.807, 2.05) is 0 Å². The average molecular weight is 352 g/mol. The molecular formula is C15H21BrClFO. The van der Waals surface area contributed by atoms with E-state index >= 15 is 0 Å². The summed E-state index contributed by atoms with van der Waals surface area (Å²) in [5.41, 5.74) is 0.293. The van der Waals surface area contributed by atoms with Crippen LogP contribution in [0.4, 0.5) is 4.39 Å². The van der Waals surface area contributed by atoms with E-state index < -0.39 is 11.9 Å². The van der Waals surface area contributed by atoms with Gasteiger partial charge in [0.2, 0.25) is 0 Å². The maximum absolute atomic E-state index is 13.9. The number of unbranched alkanes of at least 4 members (excludes halogenated alkanes) is 5. The molecule has 0 saturated carbocycles. The van der Waals surface area contributed by atoms with Crippen molar-refractivity contribution >= 4 is 27.5 Å². The summed E-state index contributed by atoms with van der Waals surface area (Å²) in [5.74, 6) is -0.519. The van der Waals surface area contributed by atoms with E-state index in [-0.39, 0.29) is 5.02 Å². The standard InChI is InChI=1S/C15H21BrClFO/c1-2-3-4-5-6-7-8-13(19)11-9-10-12(16)14(17)15(11)18/h9-10,13,19H,2-8H2,1H3. The predicted molar refractivity (Wildman–Crippen MR) is 82.1 cm³/mol. The first-order chi connectivity index (χ1) is 9.07. The highest BCUT2D eigenvalue weighted by Gasteiger charge is 2.16. The molecule has 0 bridgehead atoms. The zero-order valence-corrected chi connectivity index (χ0v) is 13.6. The molecule has 0 heterocycles. The number of benzene rings is 1. The van der Waals surface area contributed by atoms with E-state index in [1.54, 1.807) is 12.1 Å². The second-order valence-corrected chi connectivity index (χ2v) is 6.07. The Kier molecular flexibility index (Phi) is 7.96. The number of hydrogen-bond donors (Lipinski definition) is 1. The van der Waals surface area contributed by atoms with E-state index in [0.29, 0.717) is 16.5 Å². The van der Waals surface area contributed by atoms with E-state index in [4.69, 9.17) is 11.6 Å². The Morgan fingerprint density at radius 1 is 1.21 bits per heavy atom. The van der Waals surface area contributed by atoms with Crippen molar-refractivity contribution in [3.8, 4) is 0 Å². The fourth-order valence-corrected chi connectivity index (χ4v) is 2.55. The molecule has 0 amide bonds. The summed E-state index contributed by atoms with van der Waals surface area (Å²) in [5, 5.41) is 10.0. The number of halogens is 3. The SMILES string of the molecule is CCCCCCCCC(O)c1ccc(Br)c(Cl)c1F. The Bertz CT molecular complexity index is 398. The maximum Gasteiger partial charge on any atom is 0.148 e. The van der Waals surface area contributed by atoms with Crippen molar-refractivity contribution in [2.45, 2.75) is 58.0 Å². The first-order valence-corrected chi connectivity index (χ1v) is 8.06. The van der Waals surface area contributed by atoms with Crippen LogP contribution in [0.2, 0.25) is 5.02 Å². The van der Waals surface area contributed by atoms with Gasteiger partial charge in [0.25, 0.3) is 0 Å². The predicted octanol–water partition coefficient (Wildman–Crippen LogP) is 6.03. The lowest BCUT2D eigenvalue weighted by Gasteiger charge is -2.13. The molecular weight excluding hydrogens is 331 g/mol. The molecule has 0 aromatic heterocycles. The van der Waals surface area contributed by atoms with Crippen LogP contribution in [0.3, 0.4) is 0 Å². The van der Waals surface area contributed by atoms with Gasteiger partial charge in [-0.3, -0.25) is 0 Å². The summed E-state index contributed by atoms with van der Waals surface area (Å²) in [7, 11) is 0. The molecule has 108 valence electrons. The van der Waals surface area contributed by atoms with Crippen LogP contribution in [-0.4, -0.2) is 5.11 Å². The molecule has 1 N–H and O–H groups in total. The smallest absolute Gasteiger partial charge is 0.148 e. The molecule has 1 nitrogen and oxygen atoms in total. The van der Waals surface area contributed by atoms with Gasteiger partial charge in [0.15, 0.2) is 0 Å². The van der Waals surface area contributed by atoms with Gasteiger partial charge in [-0.05, 0) is 28.4 Å². The van der Waals surface area contributed by atoms with E-state index in [9.17, 15) is 9.50 Å². The van der Waals surface area contributed by atoms with Crippen LogP contribution in [0.25, 0.3) is 0 Å². The fourth-order valence-electron chi connectivity index (χ4n) is 2.07. The summed E-state index contributed by atoms with van der Waals surface area (Å²) in [6.07, 6.45) is 6.73. The molecule has 1 atom stereocenters. The fraction of sp³-hybridized carbons (Fsp3) is 0.600. The molecule has 1 aromatic carbocycles. The third kappa shape index (κ3) is 5.41. The topological polar surface area (TPSA) is 20.2 Å². The highest BCUT2D eigenvalue weighted by atomic mass is 79.9. The van der Waals surface area contributed by atoms with Crippen molar-refractivity contribution < 1.29 is 9.50 Å². The molecule has 0 fully saturated rings. The number of aliphatic hydroxyl groups is 1. The lowest BCUT2D eigenvalue weighted by Crippen LogP contribution is -2.01. The van der Waals surface area contributed by atoms with Crippen LogP contribution >= 0.6 is 27.5 Å². The number of rotatable bonds is 8. The van der Waals surface area contributed by atoms with E-state index in [2.05, 4.69) is 22.9 Å². The van der Waals surface area contributed by atoms with Gasteiger partial charge in [0.1, 0.15) is 5.82 Å². The van der Waals surface area contributed by atoms with Crippen LogP contribution in [0.15, 0.2) is 16.6 Å². The van der Waals surface area contributed by atoms with Gasteiger partial charge in [0.05, 0.1) is 11.1 Å². The van der Waals surface area contributed by atoms with Crippen molar-refractivity contribution in [2.75, 3.05) is 0 Å². The average Bonchev–Trinajstić information content (AvgIpc) is 2.40. The van der Waals surface area contributed by atoms with Crippen LogP contribution in [0, 0.1) is 5.82 Å². The molecule has 1 rings (SSSR count). The minimum atomic E-state index is -0.767. The zero-order valence-electron chi connectivity index (χ0n) is 11.3. The molecule has 0 spiro atoms. The lowest BCUT2D eigenvalue weighted by molar-refractivity contribution is 0.159. The van der Waals surface area contributed by atoms with E-state index in [1.165, 1.54) is 25.7 Å². The van der Waals surface area contributed by atoms with Crippen LogP contribution < -0.4 is 0 Å². The summed E-state index contributed by atoms with van der Waals surface area (Å²) in [6.45, 7) is 2.18. The molecule has 1 aromatic rings. The quantitative estimate of drug-likeness (QED) is 0.448. The first kappa shape index (κ1) is 16.9. The third-order valence-corrected chi connectivity index (χ3v) is 4.51. The van der Waals surface area contributed by atoms with Gasteiger partial charge >= 0.3 is 0 Å². The van der Waals surface area contributed by atoms with Gasteiger partial charge < -0.3 is 5.11 Å². The Hall–Kier alpha value is -0.120. The van der Waals surface area contributed by atoms with Gasteiger partial charge in [-0.2, -0.15) is 0 Å². The molecule has 0 aliphatic heterocycles. The monoisotopic (exact) mass is 350 g/mol. The second kappa shape index (κ2) is 8.93. The van der Waals surface area contributed by atoms with Crippen molar-refractivity contribution in [2.24, 2.45) is 0 Å². The highest BCUT2D eigenvalue weighted by Crippen LogP contribution is 2.32. The maximum atomic E-state index is 13.9. The minimum Gasteiger partial charge on any atom is -0.388 e. The molecule has 0 saturated heterocycles. The van der Waals surface area contributed by atoms with E-state index in [0.717, 1.165) is 12.8 Å². The minimum absolute atomic E-state index is 0.0412. The summed E-state index contributed by atoms with van der Waals surface area (Å²) < 4.78 is 14.4. The van der Waals surface area contributed by atoms with Crippen molar-refractivity contribution in [1.82, 2.24) is 0 Å². The Morgan fingerprint density at radius 3 is 2.53 bits per heavy atom. The van der Waals surface area contributed by atoms with Crippen LogP contribution in [-0.2, 0) is 0 Å². The lowest BCUT2D eigenvalue weighted by atomic mass is 10.0. The summed E-state index contributed by atoms with van der Waals surface area (Å²) in [6, 6.07) is 3.26. The Labute approximate surface area is 128 Å². The highest BCUT2D eigenvalue weighted by molar-refractivity contribution is 9.10. The first-order valence-electron chi connectivity index (χ1n) is 6.89. The Morgan fingerprint density at radius 2 is 1.84 bits per heavy atom. The number of hydrogen-bond acceptors (Lipinski definition) is 1. The molecule has 1 unspecified atom stereocenters. The van der Waals surface area contributed by atoms with Crippen molar-refractivity contribution in [3.63, 3.8) is 0 Å². The molecule has 0 radical (unpaired) electrons. The number of aliphatic hydroxyl groups excluding tert-OH is 1. The largest absolute Gasteiger partial charge is 0.388 e. The van der Waals surface area contributed by atoms with Gasteiger partial charge in [0, 0.05) is 10.0 Å². The normalized spacial score (nSPS) is 12.7. The molecule has 0 aliphatic rings. The Balaban J connectivity index is 2.41. The zero-order chi connectivity index (χ0) is 14.3. The van der Waals surface area contributed by atoms with Crippen molar-refractivity contribution in [3.05, 3.63) is 33.0 Å².